The fourth-order valence-electron chi connectivity index (χ4n) is 4.14. The second-order valence-electron chi connectivity index (χ2n) is 11.6. The molecule has 0 unspecified atom stereocenters. The zero-order valence-electron chi connectivity index (χ0n) is 25.3. The largest absolute Gasteiger partial charge is 0.481 e. The summed E-state index contributed by atoms with van der Waals surface area (Å²) in [6, 6.07) is -0.905. The number of amides is 1. The van der Waals surface area contributed by atoms with E-state index in [1.165, 1.54) is 57.8 Å². The second kappa shape index (κ2) is 24.9. The first-order chi connectivity index (χ1) is 18.6. The van der Waals surface area contributed by atoms with Gasteiger partial charge < -0.3 is 19.9 Å². The molecule has 1 atom stereocenters. The minimum absolute atomic E-state index is 0.0364. The number of hydrogen-bond acceptors (Lipinski definition) is 6. The molecular weight excluding hydrogens is 498 g/mol. The Balaban J connectivity index is 3.65. The van der Waals surface area contributed by atoms with Crippen molar-refractivity contribution in [2.24, 2.45) is 11.8 Å². The van der Waals surface area contributed by atoms with Crippen LogP contribution in [-0.4, -0.2) is 48.2 Å². The lowest BCUT2D eigenvalue weighted by Crippen LogP contribution is -2.42. The molecule has 0 aromatic heterocycles. The summed E-state index contributed by atoms with van der Waals surface area (Å²) < 4.78 is 10.4. The van der Waals surface area contributed by atoms with Gasteiger partial charge >= 0.3 is 17.9 Å². The van der Waals surface area contributed by atoms with Crippen LogP contribution in [0.15, 0.2) is 0 Å². The molecule has 8 heteroatoms. The first-order valence-electron chi connectivity index (χ1n) is 15.4. The molecular formula is C31H57NO7. The number of aliphatic carboxylic acids is 1. The molecule has 0 radical (unpaired) electrons. The van der Waals surface area contributed by atoms with E-state index in [-0.39, 0.29) is 37.2 Å². The summed E-state index contributed by atoms with van der Waals surface area (Å²) in [6.45, 7) is 8.70. The number of nitrogens with one attached hydrogen (secondary N) is 1. The third-order valence-corrected chi connectivity index (χ3v) is 6.44. The number of esters is 2. The minimum Gasteiger partial charge on any atom is -0.481 e. The molecule has 0 bridgehead atoms. The van der Waals surface area contributed by atoms with Gasteiger partial charge in [0.05, 0.1) is 13.2 Å². The van der Waals surface area contributed by atoms with Gasteiger partial charge in [-0.05, 0) is 31.1 Å². The summed E-state index contributed by atoms with van der Waals surface area (Å²) >= 11 is 0. The summed E-state index contributed by atoms with van der Waals surface area (Å²) in [5.41, 5.74) is 0. The summed E-state index contributed by atoms with van der Waals surface area (Å²) in [5, 5.41) is 11.6. The fraction of sp³-hybridized carbons (Fsp3) is 0.871. The topological polar surface area (TPSA) is 119 Å². The zero-order valence-corrected chi connectivity index (χ0v) is 25.3. The van der Waals surface area contributed by atoms with Crippen LogP contribution in [0.3, 0.4) is 0 Å². The molecule has 0 aromatic carbocycles. The van der Waals surface area contributed by atoms with E-state index < -0.39 is 18.0 Å². The smallest absolute Gasteiger partial charge is 0.328 e. The fourth-order valence-corrected chi connectivity index (χ4v) is 4.14. The second-order valence-corrected chi connectivity index (χ2v) is 11.6. The molecule has 0 aromatic rings. The van der Waals surface area contributed by atoms with Crippen LogP contribution in [0.4, 0.5) is 0 Å². The molecule has 228 valence electrons. The Morgan fingerprint density at radius 2 is 1.00 bits per heavy atom. The standard InChI is InChI=1S/C31H57NO7/c1-25(2)23-38-30(36)20-18-16-14-12-10-8-6-5-7-9-11-13-15-17-19-28(33)32-27(21-22-29(34)35)31(37)39-24-26(3)4/h25-27H,5-24H2,1-4H3,(H,32,33)(H,34,35)/t27-/m0/s1. The van der Waals surface area contributed by atoms with Gasteiger partial charge in [0.25, 0.3) is 0 Å². The SMILES string of the molecule is CC(C)COC(=O)CCCCCCCCCCCCCCCCC(=O)N[C@@H](CCC(=O)O)C(=O)OCC(C)C. The van der Waals surface area contributed by atoms with Crippen LogP contribution in [-0.2, 0) is 28.7 Å². The van der Waals surface area contributed by atoms with Gasteiger partial charge in [0.15, 0.2) is 0 Å². The number of unbranched alkanes of at least 4 members (excludes halogenated alkanes) is 13. The van der Waals surface area contributed by atoms with Crippen molar-refractivity contribution in [1.82, 2.24) is 5.32 Å². The van der Waals surface area contributed by atoms with E-state index in [4.69, 9.17) is 14.6 Å². The van der Waals surface area contributed by atoms with Gasteiger partial charge in [-0.2, -0.15) is 0 Å². The molecule has 0 aliphatic heterocycles. The van der Waals surface area contributed by atoms with Crippen molar-refractivity contribution in [1.29, 1.82) is 0 Å². The van der Waals surface area contributed by atoms with Crippen LogP contribution < -0.4 is 5.32 Å². The molecule has 0 fully saturated rings. The molecule has 0 rings (SSSR count). The number of hydrogen-bond donors (Lipinski definition) is 2. The van der Waals surface area contributed by atoms with Crippen LogP contribution in [0.1, 0.15) is 143 Å². The molecule has 0 aliphatic rings. The molecule has 0 saturated carbocycles. The predicted octanol–water partition coefficient (Wildman–Crippen LogP) is 6.98. The molecule has 0 heterocycles. The van der Waals surface area contributed by atoms with Crippen molar-refractivity contribution in [3.8, 4) is 0 Å². The number of carbonyl (C=O) groups is 4. The van der Waals surface area contributed by atoms with Crippen molar-refractivity contribution in [2.45, 2.75) is 149 Å². The first-order valence-corrected chi connectivity index (χ1v) is 15.4. The molecule has 1 amide bonds. The summed E-state index contributed by atoms with van der Waals surface area (Å²) in [4.78, 5) is 46.9. The lowest BCUT2D eigenvalue weighted by molar-refractivity contribution is -0.149. The Labute approximate surface area is 237 Å². The molecule has 0 spiro atoms. The van der Waals surface area contributed by atoms with Crippen LogP contribution >= 0.6 is 0 Å². The van der Waals surface area contributed by atoms with Crippen LogP contribution in [0.5, 0.6) is 0 Å². The quantitative estimate of drug-likeness (QED) is 0.0873. The van der Waals surface area contributed by atoms with Crippen molar-refractivity contribution in [3.05, 3.63) is 0 Å². The van der Waals surface area contributed by atoms with Crippen LogP contribution in [0.25, 0.3) is 0 Å². The van der Waals surface area contributed by atoms with E-state index in [9.17, 15) is 19.2 Å². The monoisotopic (exact) mass is 555 g/mol. The molecule has 8 nitrogen and oxygen atoms in total. The predicted molar refractivity (Wildman–Crippen MR) is 154 cm³/mol. The van der Waals surface area contributed by atoms with Gasteiger partial charge in [-0.15, -0.1) is 0 Å². The highest BCUT2D eigenvalue weighted by Gasteiger charge is 2.23. The van der Waals surface area contributed by atoms with Crippen molar-refractivity contribution in [3.63, 3.8) is 0 Å². The Bertz CT molecular complexity index is 663. The highest BCUT2D eigenvalue weighted by molar-refractivity contribution is 5.84. The highest BCUT2D eigenvalue weighted by atomic mass is 16.5. The Morgan fingerprint density at radius 3 is 1.44 bits per heavy atom. The number of carboxylic acids is 1. The summed E-state index contributed by atoms with van der Waals surface area (Å²) in [7, 11) is 0. The Morgan fingerprint density at radius 1 is 0.590 bits per heavy atom. The third-order valence-electron chi connectivity index (χ3n) is 6.44. The average molecular weight is 556 g/mol. The first kappa shape index (κ1) is 36.9. The van der Waals surface area contributed by atoms with Crippen molar-refractivity contribution >= 4 is 23.8 Å². The number of rotatable bonds is 26. The molecule has 39 heavy (non-hydrogen) atoms. The van der Waals surface area contributed by atoms with E-state index in [2.05, 4.69) is 5.32 Å². The third kappa shape index (κ3) is 25.9. The number of carbonyl (C=O) groups excluding carboxylic acids is 3. The highest BCUT2D eigenvalue weighted by Crippen LogP contribution is 2.14. The Hall–Kier alpha value is -2.12. The van der Waals surface area contributed by atoms with E-state index in [1.54, 1.807) is 0 Å². The lowest BCUT2D eigenvalue weighted by Gasteiger charge is -2.18. The Kier molecular flexibility index (Phi) is 23.5. The average Bonchev–Trinajstić information content (AvgIpc) is 2.87. The van der Waals surface area contributed by atoms with E-state index in [0.29, 0.717) is 25.4 Å². The van der Waals surface area contributed by atoms with Crippen LogP contribution in [0, 0.1) is 11.8 Å². The number of ether oxygens (including phenoxy) is 2. The minimum atomic E-state index is -1.00. The van der Waals surface area contributed by atoms with Gasteiger partial charge in [0, 0.05) is 19.3 Å². The normalized spacial score (nSPS) is 11.9. The molecule has 2 N–H and O–H groups in total. The summed E-state index contributed by atoms with van der Waals surface area (Å²) in [5.74, 6) is -1.28. The van der Waals surface area contributed by atoms with Crippen LogP contribution in [0.2, 0.25) is 0 Å². The van der Waals surface area contributed by atoms with Gasteiger partial charge in [-0.1, -0.05) is 105 Å². The van der Waals surface area contributed by atoms with Gasteiger partial charge in [-0.25, -0.2) is 4.79 Å². The maximum atomic E-state index is 12.3. The summed E-state index contributed by atoms with van der Waals surface area (Å²) in [6.07, 6.45) is 16.8. The maximum absolute atomic E-state index is 12.3. The van der Waals surface area contributed by atoms with Gasteiger partial charge in [0.2, 0.25) is 5.91 Å². The maximum Gasteiger partial charge on any atom is 0.328 e. The van der Waals surface area contributed by atoms with Crippen molar-refractivity contribution < 1.29 is 33.8 Å². The van der Waals surface area contributed by atoms with Gasteiger partial charge in [-0.3, -0.25) is 14.4 Å². The molecule has 0 saturated heterocycles. The zero-order chi connectivity index (χ0) is 29.3. The van der Waals surface area contributed by atoms with E-state index in [1.807, 2.05) is 27.7 Å². The van der Waals surface area contributed by atoms with Crippen molar-refractivity contribution in [2.75, 3.05) is 13.2 Å². The van der Waals surface area contributed by atoms with E-state index >= 15 is 0 Å². The lowest BCUT2D eigenvalue weighted by atomic mass is 10.0. The van der Waals surface area contributed by atoms with Gasteiger partial charge in [0.1, 0.15) is 6.04 Å². The number of carboxylic acid groups (broad SMARTS) is 1. The van der Waals surface area contributed by atoms with E-state index in [0.717, 1.165) is 32.1 Å². The molecule has 0 aliphatic carbocycles.